The first-order valence-electron chi connectivity index (χ1n) is 5.98. The Labute approximate surface area is 110 Å². The molecule has 0 fully saturated rings. The van der Waals surface area contributed by atoms with Crippen molar-refractivity contribution in [3.8, 4) is 17.2 Å². The molecule has 0 N–H and O–H groups in total. The van der Waals surface area contributed by atoms with Gasteiger partial charge in [-0.3, -0.25) is 0 Å². The quantitative estimate of drug-likeness (QED) is 0.611. The molecule has 1 heterocycles. The van der Waals surface area contributed by atoms with E-state index in [1.807, 2.05) is 18.2 Å². The molecule has 1 atom stereocenters. The van der Waals surface area contributed by atoms with Gasteiger partial charge in [0.15, 0.2) is 11.5 Å². The van der Waals surface area contributed by atoms with Crippen molar-refractivity contribution >= 4 is 5.97 Å². The largest absolute Gasteiger partial charge is 0.485 e. The average Bonchev–Trinajstić information content (AvgIpc) is 2.48. The Kier molecular flexibility index (Phi) is 3.06. The van der Waals surface area contributed by atoms with Gasteiger partial charge in [-0.2, -0.15) is 0 Å². The fourth-order valence-electron chi connectivity index (χ4n) is 1.81. The Morgan fingerprint density at radius 3 is 2.47 bits per heavy atom. The zero-order valence-electron chi connectivity index (χ0n) is 10.1. The van der Waals surface area contributed by atoms with Crippen LogP contribution in [-0.2, 0) is 4.79 Å². The van der Waals surface area contributed by atoms with Crippen molar-refractivity contribution in [1.29, 1.82) is 0 Å². The van der Waals surface area contributed by atoms with Crippen molar-refractivity contribution in [3.63, 3.8) is 0 Å². The molecule has 3 rings (SSSR count). The first-order chi connectivity index (χ1) is 9.33. The van der Waals surface area contributed by atoms with Crippen LogP contribution >= 0.6 is 0 Å². The van der Waals surface area contributed by atoms with Crippen LogP contribution in [0, 0.1) is 0 Å². The molecule has 2 aromatic carbocycles. The van der Waals surface area contributed by atoms with Crippen molar-refractivity contribution in [2.75, 3.05) is 6.61 Å². The molecule has 0 aliphatic carbocycles. The maximum atomic E-state index is 12.0. The number of hydrogen-bond acceptors (Lipinski definition) is 4. The number of esters is 1. The summed E-state index contributed by atoms with van der Waals surface area (Å²) >= 11 is 0. The number of rotatable bonds is 2. The van der Waals surface area contributed by atoms with Crippen LogP contribution in [0.1, 0.15) is 0 Å². The van der Waals surface area contributed by atoms with Crippen molar-refractivity contribution in [2.24, 2.45) is 0 Å². The first-order valence-corrected chi connectivity index (χ1v) is 5.98. The Bertz CT molecular complexity index is 580. The zero-order valence-corrected chi connectivity index (χ0v) is 10.1. The minimum Gasteiger partial charge on any atom is -0.485 e. The first kappa shape index (κ1) is 11.6. The summed E-state index contributed by atoms with van der Waals surface area (Å²) in [5.74, 6) is 1.24. The predicted octanol–water partition coefficient (Wildman–Crippen LogP) is 2.43. The maximum absolute atomic E-state index is 12.0. The minimum absolute atomic E-state index is 0.155. The molecule has 0 saturated heterocycles. The fraction of sp³-hybridized carbons (Fsp3) is 0.133. The lowest BCUT2D eigenvalue weighted by Crippen LogP contribution is -2.39. The molecular weight excluding hydrogens is 244 g/mol. The van der Waals surface area contributed by atoms with Crippen LogP contribution in [-0.4, -0.2) is 18.7 Å². The van der Waals surface area contributed by atoms with Crippen LogP contribution in [0.5, 0.6) is 17.2 Å². The highest BCUT2D eigenvalue weighted by Gasteiger charge is 2.28. The molecule has 1 aliphatic rings. The molecule has 0 amide bonds. The molecule has 4 heteroatoms. The summed E-state index contributed by atoms with van der Waals surface area (Å²) in [5.41, 5.74) is 0. The van der Waals surface area contributed by atoms with E-state index in [0.717, 1.165) is 0 Å². The fourth-order valence-corrected chi connectivity index (χ4v) is 1.81. The van der Waals surface area contributed by atoms with Crippen molar-refractivity contribution < 1.29 is 19.0 Å². The molecule has 96 valence electrons. The standard InChI is InChI=1S/C15H12O4/c16-15(18-11-6-2-1-3-7-11)14-10-17-12-8-4-5-9-13(12)19-14/h1-9,14H,10H2/t14-/m1/s1. The summed E-state index contributed by atoms with van der Waals surface area (Å²) in [6.45, 7) is 0.155. The SMILES string of the molecule is O=C(Oc1ccccc1)[C@H]1COc2ccccc2O1. The second kappa shape index (κ2) is 5.02. The van der Waals surface area contributed by atoms with Gasteiger partial charge >= 0.3 is 5.97 Å². The second-order valence-electron chi connectivity index (χ2n) is 4.10. The van der Waals surface area contributed by atoms with Gasteiger partial charge in [0.2, 0.25) is 6.10 Å². The highest BCUT2D eigenvalue weighted by molar-refractivity contribution is 5.78. The molecule has 2 aromatic rings. The van der Waals surface area contributed by atoms with Crippen molar-refractivity contribution in [2.45, 2.75) is 6.10 Å². The van der Waals surface area contributed by atoms with Gasteiger partial charge in [0.05, 0.1) is 0 Å². The van der Waals surface area contributed by atoms with Crippen LogP contribution in [0.4, 0.5) is 0 Å². The van der Waals surface area contributed by atoms with E-state index < -0.39 is 12.1 Å². The number of carbonyl (C=O) groups is 1. The Balaban J connectivity index is 1.70. The lowest BCUT2D eigenvalue weighted by Gasteiger charge is -2.24. The lowest BCUT2D eigenvalue weighted by molar-refractivity contribution is -0.144. The van der Waals surface area contributed by atoms with Crippen molar-refractivity contribution in [1.82, 2.24) is 0 Å². The third kappa shape index (κ3) is 2.52. The zero-order chi connectivity index (χ0) is 13.1. The third-order valence-electron chi connectivity index (χ3n) is 2.73. The summed E-state index contributed by atoms with van der Waals surface area (Å²) < 4.78 is 16.3. The summed E-state index contributed by atoms with van der Waals surface area (Å²) in [5, 5.41) is 0. The molecule has 1 aliphatic heterocycles. The van der Waals surface area contributed by atoms with Crippen LogP contribution < -0.4 is 14.2 Å². The smallest absolute Gasteiger partial charge is 0.356 e. The topological polar surface area (TPSA) is 44.8 Å². The molecule has 0 spiro atoms. The van der Waals surface area contributed by atoms with E-state index in [1.54, 1.807) is 36.4 Å². The van der Waals surface area contributed by atoms with Gasteiger partial charge in [-0.05, 0) is 24.3 Å². The number of para-hydroxylation sites is 3. The molecular formula is C15H12O4. The van der Waals surface area contributed by atoms with E-state index in [0.29, 0.717) is 17.2 Å². The van der Waals surface area contributed by atoms with Gasteiger partial charge in [-0.1, -0.05) is 30.3 Å². The van der Waals surface area contributed by atoms with E-state index in [-0.39, 0.29) is 6.61 Å². The van der Waals surface area contributed by atoms with E-state index in [1.165, 1.54) is 0 Å². The summed E-state index contributed by atoms with van der Waals surface area (Å²) in [6, 6.07) is 16.1. The Morgan fingerprint density at radius 1 is 1.00 bits per heavy atom. The molecule has 0 bridgehead atoms. The highest BCUT2D eigenvalue weighted by atomic mass is 16.6. The molecule has 19 heavy (non-hydrogen) atoms. The maximum Gasteiger partial charge on any atom is 0.356 e. The lowest BCUT2D eigenvalue weighted by atomic mass is 10.2. The number of carbonyl (C=O) groups excluding carboxylic acids is 1. The number of ether oxygens (including phenoxy) is 3. The molecule has 0 aromatic heterocycles. The summed E-state index contributed by atoms with van der Waals surface area (Å²) in [4.78, 5) is 12.0. The number of hydrogen-bond donors (Lipinski definition) is 0. The van der Waals surface area contributed by atoms with Crippen LogP contribution in [0.15, 0.2) is 54.6 Å². The van der Waals surface area contributed by atoms with Gasteiger partial charge in [-0.15, -0.1) is 0 Å². The van der Waals surface area contributed by atoms with Gasteiger partial charge in [0.25, 0.3) is 0 Å². The molecule has 4 nitrogen and oxygen atoms in total. The third-order valence-corrected chi connectivity index (χ3v) is 2.73. The van der Waals surface area contributed by atoms with Gasteiger partial charge in [0, 0.05) is 0 Å². The van der Waals surface area contributed by atoms with E-state index >= 15 is 0 Å². The monoisotopic (exact) mass is 256 g/mol. The Morgan fingerprint density at radius 2 is 1.68 bits per heavy atom. The van der Waals surface area contributed by atoms with Gasteiger partial charge in [0.1, 0.15) is 12.4 Å². The van der Waals surface area contributed by atoms with E-state index in [2.05, 4.69) is 0 Å². The molecule has 0 saturated carbocycles. The second-order valence-corrected chi connectivity index (χ2v) is 4.10. The normalized spacial score (nSPS) is 16.7. The van der Waals surface area contributed by atoms with E-state index in [9.17, 15) is 4.79 Å². The van der Waals surface area contributed by atoms with Crippen LogP contribution in [0.2, 0.25) is 0 Å². The summed E-state index contributed by atoms with van der Waals surface area (Å²) in [7, 11) is 0. The van der Waals surface area contributed by atoms with E-state index in [4.69, 9.17) is 14.2 Å². The average molecular weight is 256 g/mol. The Hall–Kier alpha value is -2.49. The van der Waals surface area contributed by atoms with Gasteiger partial charge < -0.3 is 14.2 Å². The van der Waals surface area contributed by atoms with Gasteiger partial charge in [-0.25, -0.2) is 4.79 Å². The number of fused-ring (bicyclic) bond motifs is 1. The van der Waals surface area contributed by atoms with Crippen LogP contribution in [0.25, 0.3) is 0 Å². The predicted molar refractivity (Wildman–Crippen MR) is 68.4 cm³/mol. The number of benzene rings is 2. The van der Waals surface area contributed by atoms with Crippen molar-refractivity contribution in [3.05, 3.63) is 54.6 Å². The summed E-state index contributed by atoms with van der Waals surface area (Å²) in [6.07, 6.45) is -0.741. The van der Waals surface area contributed by atoms with Crippen LogP contribution in [0.3, 0.4) is 0 Å². The minimum atomic E-state index is -0.741. The highest BCUT2D eigenvalue weighted by Crippen LogP contribution is 2.31. The molecule has 0 radical (unpaired) electrons. The molecule has 0 unspecified atom stereocenters.